The Morgan fingerprint density at radius 2 is 0.920 bits per heavy atom. The Bertz CT molecular complexity index is 330. The van der Waals surface area contributed by atoms with Crippen molar-refractivity contribution in [2.45, 2.75) is 103 Å². The second kappa shape index (κ2) is 23.4. The molecule has 1 aromatic heterocycles. The molecular weight excluding hydrogens is 328 g/mol. The van der Waals surface area contributed by atoms with Gasteiger partial charge in [-0.15, -0.1) is 0 Å². The first-order valence-electron chi connectivity index (χ1n) is 10.5. The van der Waals surface area contributed by atoms with E-state index in [-0.39, 0.29) is 12.4 Å². The summed E-state index contributed by atoms with van der Waals surface area (Å²) in [6.45, 7) is 3.47. The second-order valence-electron chi connectivity index (χ2n) is 6.71. The fourth-order valence-corrected chi connectivity index (χ4v) is 3.07. The van der Waals surface area contributed by atoms with Crippen LogP contribution in [0.5, 0.6) is 0 Å². The molecule has 0 aromatic carbocycles. The molecule has 1 aromatic rings. The minimum absolute atomic E-state index is 0. The normalized spacial score (nSPS) is 9.88. The highest BCUT2D eigenvalue weighted by Gasteiger charge is 1.98. The summed E-state index contributed by atoms with van der Waals surface area (Å²) in [6.07, 6.45) is 24.4. The van der Waals surface area contributed by atoms with Crippen LogP contribution in [0.2, 0.25) is 0 Å². The Labute approximate surface area is 164 Å². The number of nitrogens with zero attached hydrogens (tertiary/aromatic N) is 1. The minimum atomic E-state index is 0. The number of hydrogen-bond acceptors (Lipinski definition) is 1. The molecule has 0 unspecified atom stereocenters. The van der Waals surface area contributed by atoms with Crippen molar-refractivity contribution in [3.8, 4) is 0 Å². The summed E-state index contributed by atoms with van der Waals surface area (Å²) in [6, 6.07) is 6.31. The standard InChI is InChI=1S/C21H38N.CH5N.ClH/c1-2-3-4-5-6-7-8-9-10-11-12-13-14-16-19-22-20-17-15-18-21-22;1-2;/h15,17-18,20-21H,2-14,16,19H2,1H3;2H2,1H3;1H/q+1;;/p-1. The third-order valence-corrected chi connectivity index (χ3v) is 4.55. The van der Waals surface area contributed by atoms with E-state index in [4.69, 9.17) is 0 Å². The van der Waals surface area contributed by atoms with Crippen molar-refractivity contribution in [1.82, 2.24) is 0 Å². The van der Waals surface area contributed by atoms with Gasteiger partial charge in [0.2, 0.25) is 0 Å². The van der Waals surface area contributed by atoms with Gasteiger partial charge in [0.1, 0.15) is 6.54 Å². The monoisotopic (exact) mass is 370 g/mol. The predicted molar refractivity (Wildman–Crippen MR) is 107 cm³/mol. The maximum atomic E-state index is 4.50. The summed E-state index contributed by atoms with van der Waals surface area (Å²) in [5, 5.41) is 0. The molecule has 0 bridgehead atoms. The molecule has 0 aliphatic carbocycles. The first-order chi connectivity index (χ1) is 11.9. The van der Waals surface area contributed by atoms with Gasteiger partial charge in [0.05, 0.1) is 0 Å². The van der Waals surface area contributed by atoms with E-state index in [2.05, 4.69) is 47.8 Å². The first kappa shape index (κ1) is 26.6. The second-order valence-corrected chi connectivity index (χ2v) is 6.71. The highest BCUT2D eigenvalue weighted by molar-refractivity contribution is 4.83. The molecule has 25 heavy (non-hydrogen) atoms. The van der Waals surface area contributed by atoms with Crippen LogP contribution in [0.15, 0.2) is 30.6 Å². The zero-order valence-corrected chi connectivity index (χ0v) is 17.7. The van der Waals surface area contributed by atoms with Gasteiger partial charge in [-0.05, 0) is 13.5 Å². The Hall–Kier alpha value is -0.600. The van der Waals surface area contributed by atoms with E-state index in [0.29, 0.717) is 0 Å². The molecular formula is C22H43ClN2. The molecule has 0 aliphatic rings. The lowest BCUT2D eigenvalue weighted by Crippen LogP contribution is -3.00. The molecule has 0 fully saturated rings. The first-order valence-corrected chi connectivity index (χ1v) is 10.5. The van der Waals surface area contributed by atoms with Crippen molar-refractivity contribution in [2.24, 2.45) is 5.73 Å². The maximum Gasteiger partial charge on any atom is 0.168 e. The number of aryl methyl sites for hydroxylation is 1. The van der Waals surface area contributed by atoms with Crippen molar-refractivity contribution >= 4 is 0 Å². The van der Waals surface area contributed by atoms with Gasteiger partial charge in [0.15, 0.2) is 12.4 Å². The lowest BCUT2D eigenvalue weighted by molar-refractivity contribution is -0.697. The molecule has 0 spiro atoms. The zero-order chi connectivity index (χ0) is 17.7. The van der Waals surface area contributed by atoms with E-state index < -0.39 is 0 Å². The summed E-state index contributed by atoms with van der Waals surface area (Å²) < 4.78 is 2.29. The number of rotatable bonds is 15. The Morgan fingerprint density at radius 3 is 1.32 bits per heavy atom. The van der Waals surface area contributed by atoms with Gasteiger partial charge in [0.25, 0.3) is 0 Å². The summed E-state index contributed by atoms with van der Waals surface area (Å²) in [7, 11) is 1.50. The summed E-state index contributed by atoms with van der Waals surface area (Å²) >= 11 is 0. The topological polar surface area (TPSA) is 29.9 Å². The van der Waals surface area contributed by atoms with E-state index >= 15 is 0 Å². The van der Waals surface area contributed by atoms with Crippen LogP contribution in [0.1, 0.15) is 96.8 Å². The van der Waals surface area contributed by atoms with Crippen LogP contribution in [-0.2, 0) is 6.54 Å². The SMILES string of the molecule is CCCCCCCCCCCCCCCC[n+]1ccccc1.CN.[Cl-]. The number of unbranched alkanes of at least 4 members (excludes halogenated alkanes) is 13. The Morgan fingerprint density at radius 1 is 0.560 bits per heavy atom. The molecule has 0 amide bonds. The summed E-state index contributed by atoms with van der Waals surface area (Å²) in [5.41, 5.74) is 4.50. The van der Waals surface area contributed by atoms with Gasteiger partial charge in [-0.3, -0.25) is 0 Å². The molecule has 1 rings (SSSR count). The van der Waals surface area contributed by atoms with E-state index in [1.54, 1.807) is 0 Å². The van der Waals surface area contributed by atoms with E-state index in [9.17, 15) is 0 Å². The fraction of sp³-hybridized carbons (Fsp3) is 0.773. The molecule has 0 saturated carbocycles. The number of nitrogens with two attached hydrogens (primary N) is 1. The molecule has 2 nitrogen and oxygen atoms in total. The van der Waals surface area contributed by atoms with Crippen molar-refractivity contribution in [3.05, 3.63) is 30.6 Å². The molecule has 0 radical (unpaired) electrons. The Kier molecular flexibility index (Phi) is 24.9. The van der Waals surface area contributed by atoms with Gasteiger partial charge in [0, 0.05) is 18.6 Å². The average Bonchev–Trinajstić information content (AvgIpc) is 2.64. The molecule has 3 heteroatoms. The molecule has 0 aliphatic heterocycles. The van der Waals surface area contributed by atoms with Crippen LogP contribution in [0.25, 0.3) is 0 Å². The van der Waals surface area contributed by atoms with Crippen molar-refractivity contribution in [2.75, 3.05) is 7.05 Å². The molecule has 0 saturated heterocycles. The van der Waals surface area contributed by atoms with Gasteiger partial charge in [-0.1, -0.05) is 90.0 Å². The lowest BCUT2D eigenvalue weighted by atomic mass is 10.0. The predicted octanol–water partition coefficient (Wildman–Crippen LogP) is 3.03. The molecule has 148 valence electrons. The highest BCUT2D eigenvalue weighted by Crippen LogP contribution is 2.12. The number of pyridine rings is 1. The van der Waals surface area contributed by atoms with Crippen LogP contribution in [0.4, 0.5) is 0 Å². The Balaban J connectivity index is 0. The van der Waals surface area contributed by atoms with Crippen LogP contribution in [0.3, 0.4) is 0 Å². The number of aromatic nitrogens is 1. The highest BCUT2D eigenvalue weighted by atomic mass is 35.5. The number of halogens is 1. The van der Waals surface area contributed by atoms with Crippen LogP contribution >= 0.6 is 0 Å². The van der Waals surface area contributed by atoms with Crippen molar-refractivity contribution < 1.29 is 17.0 Å². The average molecular weight is 371 g/mol. The van der Waals surface area contributed by atoms with E-state index in [1.165, 1.54) is 103 Å². The van der Waals surface area contributed by atoms with Gasteiger partial charge >= 0.3 is 0 Å². The smallest absolute Gasteiger partial charge is 0.168 e. The molecule has 0 atom stereocenters. The third kappa shape index (κ3) is 19.6. The fourth-order valence-electron chi connectivity index (χ4n) is 3.07. The van der Waals surface area contributed by atoms with Crippen molar-refractivity contribution in [3.63, 3.8) is 0 Å². The van der Waals surface area contributed by atoms with Crippen LogP contribution in [0, 0.1) is 0 Å². The van der Waals surface area contributed by atoms with Gasteiger partial charge in [-0.25, -0.2) is 4.57 Å². The van der Waals surface area contributed by atoms with Gasteiger partial charge < -0.3 is 18.1 Å². The van der Waals surface area contributed by atoms with Crippen LogP contribution in [-0.4, -0.2) is 7.05 Å². The molecule has 2 N–H and O–H groups in total. The van der Waals surface area contributed by atoms with E-state index in [0.717, 1.165) is 0 Å². The summed E-state index contributed by atoms with van der Waals surface area (Å²) in [4.78, 5) is 0. The lowest BCUT2D eigenvalue weighted by Gasteiger charge is -2.02. The van der Waals surface area contributed by atoms with Gasteiger partial charge in [-0.2, -0.15) is 0 Å². The zero-order valence-electron chi connectivity index (χ0n) is 16.9. The third-order valence-electron chi connectivity index (χ3n) is 4.55. The van der Waals surface area contributed by atoms with E-state index in [1.807, 2.05) is 0 Å². The largest absolute Gasteiger partial charge is 1.00 e. The maximum absolute atomic E-state index is 4.50. The molecule has 1 heterocycles. The number of hydrogen-bond donors (Lipinski definition) is 1. The minimum Gasteiger partial charge on any atom is -1.00 e. The van der Waals surface area contributed by atoms with Crippen molar-refractivity contribution in [1.29, 1.82) is 0 Å². The van der Waals surface area contributed by atoms with Crippen LogP contribution < -0.4 is 22.7 Å². The quantitative estimate of drug-likeness (QED) is 0.373. The summed E-state index contributed by atoms with van der Waals surface area (Å²) in [5.74, 6) is 0.